The van der Waals surface area contributed by atoms with Gasteiger partial charge in [-0.05, 0) is 49.4 Å². The van der Waals surface area contributed by atoms with Gasteiger partial charge in [0.2, 0.25) is 11.8 Å². The molecule has 0 atom stereocenters. The lowest BCUT2D eigenvalue weighted by molar-refractivity contribution is -0.138. The molecule has 0 radical (unpaired) electrons. The summed E-state index contributed by atoms with van der Waals surface area (Å²) < 4.78 is 0. The van der Waals surface area contributed by atoms with Crippen LogP contribution >= 0.6 is 0 Å². The van der Waals surface area contributed by atoms with E-state index in [1.165, 1.54) is 0 Å². The third kappa shape index (κ3) is 3.90. The van der Waals surface area contributed by atoms with Gasteiger partial charge in [0.1, 0.15) is 0 Å². The smallest absolute Gasteiger partial charge is 0.243 e. The highest BCUT2D eigenvalue weighted by atomic mass is 16.2. The van der Waals surface area contributed by atoms with Crippen molar-refractivity contribution in [3.05, 3.63) is 65.2 Å². The molecular weight excluding hydrogens is 336 g/mol. The quantitative estimate of drug-likeness (QED) is 0.864. The number of likely N-dealkylation sites (N-methyl/N-ethyl adjacent to an activating group) is 1. The van der Waals surface area contributed by atoms with E-state index in [1.807, 2.05) is 62.4 Å². The Bertz CT molecular complexity index is 824. The van der Waals surface area contributed by atoms with Crippen LogP contribution < -0.4 is 5.32 Å². The monoisotopic (exact) mass is 364 g/mol. The maximum absolute atomic E-state index is 13.3. The number of hydrogen-bond donors (Lipinski definition) is 1. The van der Waals surface area contributed by atoms with Crippen LogP contribution in [0, 0.1) is 13.8 Å². The first-order valence-corrected chi connectivity index (χ1v) is 9.61. The summed E-state index contributed by atoms with van der Waals surface area (Å²) in [5.41, 5.74) is 3.56. The van der Waals surface area contributed by atoms with Gasteiger partial charge >= 0.3 is 0 Å². The molecule has 2 amide bonds. The number of benzene rings is 2. The van der Waals surface area contributed by atoms with Crippen LogP contribution in [0.25, 0.3) is 0 Å². The summed E-state index contributed by atoms with van der Waals surface area (Å²) in [5.74, 6) is -0.122. The molecule has 1 fully saturated rings. The summed E-state index contributed by atoms with van der Waals surface area (Å²) >= 11 is 0. The van der Waals surface area contributed by atoms with Gasteiger partial charge in [-0.25, -0.2) is 0 Å². The molecule has 0 bridgehead atoms. The molecule has 0 unspecified atom stereocenters. The molecule has 1 N–H and O–H groups in total. The first-order valence-electron chi connectivity index (χ1n) is 9.61. The average molecular weight is 364 g/mol. The Kier molecular flexibility index (Phi) is 5.64. The van der Waals surface area contributed by atoms with Crippen molar-refractivity contribution < 1.29 is 9.59 Å². The van der Waals surface area contributed by atoms with Gasteiger partial charge in [-0.2, -0.15) is 0 Å². The normalized spacial score (nSPS) is 15.4. The highest BCUT2D eigenvalue weighted by Crippen LogP contribution is 2.42. The number of carbonyl (C=O) groups is 2. The molecule has 1 aliphatic rings. The third-order valence-corrected chi connectivity index (χ3v) is 5.80. The van der Waals surface area contributed by atoms with Crippen molar-refractivity contribution in [2.45, 2.75) is 44.9 Å². The maximum Gasteiger partial charge on any atom is 0.243 e. The fourth-order valence-corrected chi connectivity index (χ4v) is 4.09. The number of aryl methyl sites for hydroxylation is 1. The van der Waals surface area contributed by atoms with Crippen molar-refractivity contribution in [3.63, 3.8) is 0 Å². The largest absolute Gasteiger partial charge is 0.336 e. The lowest BCUT2D eigenvalue weighted by Crippen LogP contribution is -2.46. The van der Waals surface area contributed by atoms with E-state index in [4.69, 9.17) is 0 Å². The fourth-order valence-electron chi connectivity index (χ4n) is 4.09. The van der Waals surface area contributed by atoms with Crippen molar-refractivity contribution >= 4 is 17.5 Å². The van der Waals surface area contributed by atoms with E-state index in [9.17, 15) is 9.59 Å². The van der Waals surface area contributed by atoms with Crippen molar-refractivity contribution in [1.29, 1.82) is 0 Å². The topological polar surface area (TPSA) is 49.4 Å². The number of hydrogen-bond acceptors (Lipinski definition) is 2. The minimum atomic E-state index is -0.491. The van der Waals surface area contributed by atoms with E-state index >= 15 is 0 Å². The van der Waals surface area contributed by atoms with Gasteiger partial charge in [0.25, 0.3) is 0 Å². The number of rotatable bonds is 5. The van der Waals surface area contributed by atoms with Crippen LogP contribution in [0.2, 0.25) is 0 Å². The second-order valence-electron chi connectivity index (χ2n) is 7.61. The van der Waals surface area contributed by atoms with Gasteiger partial charge in [-0.3, -0.25) is 9.59 Å². The van der Waals surface area contributed by atoms with Gasteiger partial charge in [-0.15, -0.1) is 0 Å². The number of anilines is 1. The molecule has 0 aliphatic heterocycles. The number of amides is 2. The first kappa shape index (κ1) is 19.2. The van der Waals surface area contributed by atoms with Crippen molar-refractivity contribution in [1.82, 2.24) is 4.90 Å². The van der Waals surface area contributed by atoms with Crippen LogP contribution in [0.5, 0.6) is 0 Å². The zero-order valence-corrected chi connectivity index (χ0v) is 16.4. The van der Waals surface area contributed by atoms with Crippen LogP contribution in [0.1, 0.15) is 42.4 Å². The molecular formula is C23H28N2O2. The summed E-state index contributed by atoms with van der Waals surface area (Å²) in [6.45, 7) is 4.06. The van der Waals surface area contributed by atoms with E-state index in [1.54, 1.807) is 11.9 Å². The second kappa shape index (κ2) is 7.95. The highest BCUT2D eigenvalue weighted by Gasteiger charge is 2.44. The Balaban J connectivity index is 1.73. The van der Waals surface area contributed by atoms with Crippen LogP contribution in [0.4, 0.5) is 5.69 Å². The zero-order valence-electron chi connectivity index (χ0n) is 16.4. The molecule has 0 spiro atoms. The molecule has 2 aromatic rings. The van der Waals surface area contributed by atoms with Crippen LogP contribution in [0.15, 0.2) is 48.5 Å². The van der Waals surface area contributed by atoms with Gasteiger partial charge < -0.3 is 10.2 Å². The van der Waals surface area contributed by atoms with E-state index < -0.39 is 5.41 Å². The molecule has 4 nitrogen and oxygen atoms in total. The molecule has 142 valence electrons. The summed E-state index contributed by atoms with van der Waals surface area (Å²) in [6.07, 6.45) is 3.78. The Labute approximate surface area is 161 Å². The Hall–Kier alpha value is -2.62. The SMILES string of the molecule is Cc1cccc(NC(=O)CN(C)C(=O)C2(c3ccccc3)CCCC2)c1C. The Morgan fingerprint density at radius 3 is 2.33 bits per heavy atom. The van der Waals surface area contributed by atoms with Crippen molar-refractivity contribution in [3.8, 4) is 0 Å². The zero-order chi connectivity index (χ0) is 19.4. The second-order valence-corrected chi connectivity index (χ2v) is 7.61. The first-order chi connectivity index (χ1) is 12.9. The standard InChI is InChI=1S/C23H28N2O2/c1-17-10-9-13-20(18(17)2)24-21(26)16-25(3)22(27)23(14-7-8-15-23)19-11-5-4-6-12-19/h4-6,9-13H,7-8,14-16H2,1-3H3,(H,24,26). The van der Waals surface area contributed by atoms with E-state index in [2.05, 4.69) is 5.32 Å². The summed E-state index contributed by atoms with van der Waals surface area (Å²) in [7, 11) is 1.73. The molecule has 2 aromatic carbocycles. The van der Waals surface area contributed by atoms with E-state index in [0.29, 0.717) is 0 Å². The Morgan fingerprint density at radius 1 is 1.00 bits per heavy atom. The molecule has 0 aromatic heterocycles. The average Bonchev–Trinajstić information content (AvgIpc) is 3.16. The predicted octanol–water partition coefficient (Wildman–Crippen LogP) is 4.21. The van der Waals surface area contributed by atoms with Gasteiger partial charge in [0.15, 0.2) is 0 Å². The molecule has 1 aliphatic carbocycles. The van der Waals surface area contributed by atoms with E-state index in [0.717, 1.165) is 48.1 Å². The van der Waals surface area contributed by atoms with Crippen molar-refractivity contribution in [2.75, 3.05) is 18.9 Å². The summed E-state index contributed by atoms with van der Waals surface area (Å²) in [4.78, 5) is 27.4. The number of nitrogens with one attached hydrogen (secondary N) is 1. The highest BCUT2D eigenvalue weighted by molar-refractivity contribution is 5.97. The molecule has 4 heteroatoms. The number of nitrogens with zero attached hydrogens (tertiary/aromatic N) is 1. The van der Waals surface area contributed by atoms with Crippen molar-refractivity contribution in [2.24, 2.45) is 0 Å². The lowest BCUT2D eigenvalue weighted by Gasteiger charge is -2.32. The molecule has 3 rings (SSSR count). The fraction of sp³-hybridized carbons (Fsp3) is 0.391. The van der Waals surface area contributed by atoms with Crippen LogP contribution in [-0.4, -0.2) is 30.3 Å². The van der Waals surface area contributed by atoms with E-state index in [-0.39, 0.29) is 18.4 Å². The summed E-state index contributed by atoms with van der Waals surface area (Å²) in [6, 6.07) is 15.8. The predicted molar refractivity (Wildman–Crippen MR) is 109 cm³/mol. The molecule has 0 heterocycles. The van der Waals surface area contributed by atoms with Gasteiger partial charge in [0.05, 0.1) is 12.0 Å². The van der Waals surface area contributed by atoms with Crippen LogP contribution in [-0.2, 0) is 15.0 Å². The molecule has 1 saturated carbocycles. The van der Waals surface area contributed by atoms with Gasteiger partial charge in [-0.1, -0.05) is 55.3 Å². The maximum atomic E-state index is 13.3. The summed E-state index contributed by atoms with van der Waals surface area (Å²) in [5, 5.41) is 2.95. The molecule has 27 heavy (non-hydrogen) atoms. The third-order valence-electron chi connectivity index (χ3n) is 5.80. The molecule has 0 saturated heterocycles. The minimum absolute atomic E-state index is 0.0438. The number of carbonyl (C=O) groups excluding carboxylic acids is 2. The van der Waals surface area contributed by atoms with Crippen LogP contribution in [0.3, 0.4) is 0 Å². The lowest BCUT2D eigenvalue weighted by atomic mass is 9.77. The minimum Gasteiger partial charge on any atom is -0.336 e. The van der Waals surface area contributed by atoms with Gasteiger partial charge in [0, 0.05) is 12.7 Å². The Morgan fingerprint density at radius 2 is 1.67 bits per heavy atom.